The van der Waals surface area contributed by atoms with Gasteiger partial charge in [0.15, 0.2) is 0 Å². The van der Waals surface area contributed by atoms with Crippen LogP contribution in [0.4, 0.5) is 18.9 Å². The third kappa shape index (κ3) is 3.50. The molecule has 2 N–H and O–H groups in total. The summed E-state index contributed by atoms with van der Waals surface area (Å²) in [6.07, 6.45) is 1.34. The Morgan fingerprint density at radius 3 is 2.39 bits per heavy atom. The Labute approximate surface area is 130 Å². The van der Waals surface area contributed by atoms with Crippen LogP contribution in [0.2, 0.25) is 0 Å². The van der Waals surface area contributed by atoms with Crippen molar-refractivity contribution in [3.8, 4) is 0 Å². The molecule has 0 amide bonds. The van der Waals surface area contributed by atoms with Gasteiger partial charge >= 0.3 is 5.51 Å². The second-order valence-corrected chi connectivity index (χ2v) is 6.96. The van der Waals surface area contributed by atoms with Gasteiger partial charge in [0.05, 0.1) is 23.4 Å². The van der Waals surface area contributed by atoms with Crippen molar-refractivity contribution in [2.45, 2.75) is 22.9 Å². The lowest BCUT2D eigenvalue weighted by atomic mass is 10.0. The van der Waals surface area contributed by atoms with Crippen LogP contribution < -0.4 is 5.32 Å². The molecule has 126 valence electrons. The molecule has 0 aliphatic rings. The van der Waals surface area contributed by atoms with Crippen LogP contribution in [0.15, 0.2) is 52.0 Å². The summed E-state index contributed by atoms with van der Waals surface area (Å²) in [5.41, 5.74) is -7.19. The maximum absolute atomic E-state index is 12.7. The van der Waals surface area contributed by atoms with Gasteiger partial charge in [-0.1, -0.05) is 12.1 Å². The fourth-order valence-electron chi connectivity index (χ4n) is 1.91. The number of anilines is 1. The van der Waals surface area contributed by atoms with E-state index in [0.717, 1.165) is 6.07 Å². The predicted octanol–water partition coefficient (Wildman–Crippen LogP) is 2.89. The van der Waals surface area contributed by atoms with Crippen molar-refractivity contribution in [1.29, 1.82) is 0 Å². The molecule has 2 rings (SSSR count). The van der Waals surface area contributed by atoms with Gasteiger partial charge in [0.1, 0.15) is 11.4 Å². The highest BCUT2D eigenvalue weighted by Crippen LogP contribution is 2.34. The van der Waals surface area contributed by atoms with Crippen LogP contribution >= 0.6 is 0 Å². The number of sulfone groups is 1. The zero-order valence-electron chi connectivity index (χ0n) is 12.0. The molecule has 0 fully saturated rings. The first-order valence-electron chi connectivity index (χ1n) is 6.46. The minimum absolute atomic E-state index is 0.196. The van der Waals surface area contributed by atoms with Crippen molar-refractivity contribution in [2.24, 2.45) is 0 Å². The second-order valence-electron chi connectivity index (χ2n) is 5.05. The lowest BCUT2D eigenvalue weighted by Gasteiger charge is -2.23. The number of benzene rings is 1. The molecule has 0 saturated carbocycles. The summed E-state index contributed by atoms with van der Waals surface area (Å²) < 4.78 is 66.4. The maximum atomic E-state index is 12.7. The van der Waals surface area contributed by atoms with E-state index in [9.17, 15) is 26.7 Å². The molecule has 0 spiro atoms. The fraction of sp³-hybridized carbons (Fsp3) is 0.286. The van der Waals surface area contributed by atoms with E-state index in [0.29, 0.717) is 0 Å². The topological polar surface area (TPSA) is 79.5 Å². The van der Waals surface area contributed by atoms with Crippen molar-refractivity contribution in [3.63, 3.8) is 0 Å². The molecule has 1 atom stereocenters. The standard InChI is InChI=1S/C14H14F3NO4S/c1-13(19,12-7-4-8-22-12)9-18-10-5-2-3-6-11(10)23(20,21)14(15,16)17/h2-8,18-19H,9H2,1H3. The number of halogens is 3. The van der Waals surface area contributed by atoms with Crippen LogP contribution in [0.1, 0.15) is 12.7 Å². The van der Waals surface area contributed by atoms with Gasteiger partial charge in [0.25, 0.3) is 9.84 Å². The molecule has 0 bridgehead atoms. The largest absolute Gasteiger partial charge is 0.501 e. The molecule has 1 heterocycles. The smallest absolute Gasteiger partial charge is 0.466 e. The van der Waals surface area contributed by atoms with Gasteiger partial charge < -0.3 is 14.8 Å². The highest BCUT2D eigenvalue weighted by molar-refractivity contribution is 7.92. The van der Waals surface area contributed by atoms with Crippen molar-refractivity contribution >= 4 is 15.5 Å². The summed E-state index contributed by atoms with van der Waals surface area (Å²) in [6.45, 7) is 1.14. The van der Waals surface area contributed by atoms with Gasteiger partial charge in [-0.25, -0.2) is 8.42 Å². The van der Waals surface area contributed by atoms with Crippen molar-refractivity contribution < 1.29 is 31.1 Å². The SMILES string of the molecule is CC(O)(CNc1ccccc1S(=O)(=O)C(F)(F)F)c1ccco1. The minimum Gasteiger partial charge on any atom is -0.466 e. The van der Waals surface area contributed by atoms with E-state index in [1.165, 1.54) is 37.5 Å². The second kappa shape index (κ2) is 5.89. The summed E-state index contributed by atoms with van der Waals surface area (Å²) in [5, 5.41) is 12.8. The minimum atomic E-state index is -5.50. The first-order chi connectivity index (χ1) is 10.6. The Hall–Kier alpha value is -2.00. The zero-order valence-corrected chi connectivity index (χ0v) is 12.8. The van der Waals surface area contributed by atoms with Crippen molar-refractivity contribution in [3.05, 3.63) is 48.4 Å². The van der Waals surface area contributed by atoms with E-state index in [4.69, 9.17) is 4.42 Å². The zero-order chi connectivity index (χ0) is 17.3. The number of aliphatic hydroxyl groups is 1. The van der Waals surface area contributed by atoms with Gasteiger partial charge in [0, 0.05) is 0 Å². The van der Waals surface area contributed by atoms with Gasteiger partial charge in [0.2, 0.25) is 0 Å². The molecule has 9 heteroatoms. The lowest BCUT2D eigenvalue weighted by Crippen LogP contribution is -2.31. The molecule has 23 heavy (non-hydrogen) atoms. The number of furan rings is 1. The van der Waals surface area contributed by atoms with Crippen LogP contribution in [-0.2, 0) is 15.4 Å². The Kier molecular flexibility index (Phi) is 4.45. The Balaban J connectivity index is 2.29. The normalized spacial score (nSPS) is 15.2. The number of hydrogen-bond donors (Lipinski definition) is 2. The number of rotatable bonds is 5. The number of hydrogen-bond acceptors (Lipinski definition) is 5. The van der Waals surface area contributed by atoms with Gasteiger partial charge in [-0.05, 0) is 31.2 Å². The third-order valence-corrected chi connectivity index (χ3v) is 4.70. The van der Waals surface area contributed by atoms with E-state index in [-0.39, 0.29) is 18.0 Å². The lowest BCUT2D eigenvalue weighted by molar-refractivity contribution is -0.0435. The number of para-hydroxylation sites is 1. The molecule has 1 unspecified atom stereocenters. The van der Waals surface area contributed by atoms with E-state index in [2.05, 4.69) is 5.32 Å². The molecule has 0 saturated heterocycles. The molecule has 2 aromatic rings. The molecular formula is C14H14F3NO4S. The van der Waals surface area contributed by atoms with Crippen LogP contribution in [0, 0.1) is 0 Å². The van der Waals surface area contributed by atoms with Crippen LogP contribution in [0.25, 0.3) is 0 Å². The van der Waals surface area contributed by atoms with Gasteiger partial charge in [-0.15, -0.1) is 0 Å². The maximum Gasteiger partial charge on any atom is 0.501 e. The first kappa shape index (κ1) is 17.4. The monoisotopic (exact) mass is 349 g/mol. The summed E-state index contributed by atoms with van der Waals surface area (Å²) >= 11 is 0. The van der Waals surface area contributed by atoms with Gasteiger partial charge in [-0.3, -0.25) is 0 Å². The first-order valence-corrected chi connectivity index (χ1v) is 7.94. The van der Waals surface area contributed by atoms with E-state index in [1.807, 2.05) is 0 Å². The Morgan fingerprint density at radius 2 is 1.83 bits per heavy atom. The average molecular weight is 349 g/mol. The van der Waals surface area contributed by atoms with E-state index in [1.54, 1.807) is 6.07 Å². The highest BCUT2D eigenvalue weighted by Gasteiger charge is 2.48. The number of alkyl halides is 3. The van der Waals surface area contributed by atoms with Crippen LogP contribution in [-0.4, -0.2) is 25.6 Å². The van der Waals surface area contributed by atoms with E-state index < -0.39 is 25.8 Å². The molecule has 1 aromatic carbocycles. The average Bonchev–Trinajstić information content (AvgIpc) is 2.99. The number of nitrogens with one attached hydrogen (secondary N) is 1. The van der Waals surface area contributed by atoms with Gasteiger partial charge in [-0.2, -0.15) is 13.2 Å². The Morgan fingerprint density at radius 1 is 1.17 bits per heavy atom. The Bertz CT molecular complexity index is 768. The quantitative estimate of drug-likeness (QED) is 0.868. The summed E-state index contributed by atoms with van der Waals surface area (Å²) in [7, 11) is -5.50. The summed E-state index contributed by atoms with van der Waals surface area (Å²) in [4.78, 5) is -0.900. The predicted molar refractivity (Wildman–Crippen MR) is 76.5 cm³/mol. The molecular weight excluding hydrogens is 335 g/mol. The van der Waals surface area contributed by atoms with Crippen molar-refractivity contribution in [1.82, 2.24) is 0 Å². The molecule has 0 radical (unpaired) electrons. The van der Waals surface area contributed by atoms with Crippen molar-refractivity contribution in [2.75, 3.05) is 11.9 Å². The fourth-order valence-corrected chi connectivity index (χ4v) is 2.85. The molecule has 0 aliphatic heterocycles. The molecule has 5 nitrogen and oxygen atoms in total. The third-order valence-electron chi connectivity index (χ3n) is 3.16. The van der Waals surface area contributed by atoms with Crippen LogP contribution in [0.5, 0.6) is 0 Å². The molecule has 1 aromatic heterocycles. The highest BCUT2D eigenvalue weighted by atomic mass is 32.2. The van der Waals surface area contributed by atoms with Crippen LogP contribution in [0.3, 0.4) is 0 Å². The summed E-state index contributed by atoms with van der Waals surface area (Å²) in [5.74, 6) is 0.196. The molecule has 0 aliphatic carbocycles. The van der Waals surface area contributed by atoms with E-state index >= 15 is 0 Å². The summed E-state index contributed by atoms with van der Waals surface area (Å²) in [6, 6.07) is 7.67.